The molecule has 0 fully saturated rings. The van der Waals surface area contributed by atoms with E-state index in [1.54, 1.807) is 37.6 Å². The van der Waals surface area contributed by atoms with E-state index in [4.69, 9.17) is 10.5 Å². The minimum Gasteiger partial charge on any atom is -0.497 e. The SMILES string of the molecule is C=C/C(=C\C=C\n1c(CCN)nc2ccccc2c1=O)OC. The number of nitrogens with two attached hydrogens (primary N) is 1. The first kappa shape index (κ1) is 15.7. The lowest BCUT2D eigenvalue weighted by Gasteiger charge is -2.08. The largest absolute Gasteiger partial charge is 0.497 e. The molecule has 0 radical (unpaired) electrons. The predicted molar refractivity (Wildman–Crippen MR) is 89.4 cm³/mol. The Morgan fingerprint density at radius 1 is 1.45 bits per heavy atom. The van der Waals surface area contributed by atoms with Crippen LogP contribution in [0.2, 0.25) is 0 Å². The fourth-order valence-electron chi connectivity index (χ4n) is 2.09. The van der Waals surface area contributed by atoms with Gasteiger partial charge in [-0.3, -0.25) is 9.36 Å². The first-order chi connectivity index (χ1) is 10.7. The van der Waals surface area contributed by atoms with Gasteiger partial charge in [-0.15, -0.1) is 0 Å². The molecule has 0 saturated carbocycles. The first-order valence-corrected chi connectivity index (χ1v) is 6.96. The molecule has 2 N–H and O–H groups in total. The summed E-state index contributed by atoms with van der Waals surface area (Å²) in [7, 11) is 1.56. The average molecular weight is 297 g/mol. The van der Waals surface area contributed by atoms with Crippen LogP contribution in [0.4, 0.5) is 0 Å². The summed E-state index contributed by atoms with van der Waals surface area (Å²) in [4.78, 5) is 17.1. The lowest BCUT2D eigenvalue weighted by Crippen LogP contribution is -2.23. The summed E-state index contributed by atoms with van der Waals surface area (Å²) in [5.74, 6) is 1.24. The summed E-state index contributed by atoms with van der Waals surface area (Å²) < 4.78 is 6.60. The molecular formula is C17H19N3O2. The lowest BCUT2D eigenvalue weighted by molar-refractivity contribution is 0.307. The summed E-state index contributed by atoms with van der Waals surface area (Å²) >= 11 is 0. The third kappa shape index (κ3) is 3.32. The molecule has 114 valence electrons. The highest BCUT2D eigenvalue weighted by Gasteiger charge is 2.07. The number of fused-ring (bicyclic) bond motifs is 1. The number of aromatic nitrogens is 2. The van der Waals surface area contributed by atoms with E-state index in [0.29, 0.717) is 35.5 Å². The van der Waals surface area contributed by atoms with Crippen molar-refractivity contribution in [3.63, 3.8) is 0 Å². The van der Waals surface area contributed by atoms with Crippen molar-refractivity contribution in [3.8, 4) is 0 Å². The van der Waals surface area contributed by atoms with E-state index in [2.05, 4.69) is 11.6 Å². The van der Waals surface area contributed by atoms with Crippen LogP contribution in [0.1, 0.15) is 5.82 Å². The molecule has 22 heavy (non-hydrogen) atoms. The zero-order valence-electron chi connectivity index (χ0n) is 12.5. The van der Waals surface area contributed by atoms with E-state index in [-0.39, 0.29) is 5.56 Å². The summed E-state index contributed by atoms with van der Waals surface area (Å²) in [6.07, 6.45) is 7.22. The zero-order chi connectivity index (χ0) is 15.9. The van der Waals surface area contributed by atoms with E-state index < -0.39 is 0 Å². The fraction of sp³-hybridized carbons (Fsp3) is 0.176. The second kappa shape index (κ2) is 7.38. The highest BCUT2D eigenvalue weighted by Crippen LogP contribution is 2.08. The number of hydrogen-bond donors (Lipinski definition) is 1. The second-order valence-electron chi connectivity index (χ2n) is 4.58. The highest BCUT2D eigenvalue weighted by molar-refractivity contribution is 5.77. The minimum absolute atomic E-state index is 0.115. The van der Waals surface area contributed by atoms with Crippen LogP contribution in [0.15, 0.2) is 59.6 Å². The van der Waals surface area contributed by atoms with Gasteiger partial charge in [0.05, 0.1) is 18.0 Å². The maximum atomic E-state index is 12.6. The van der Waals surface area contributed by atoms with E-state index >= 15 is 0 Å². The maximum absolute atomic E-state index is 12.6. The first-order valence-electron chi connectivity index (χ1n) is 6.96. The van der Waals surface area contributed by atoms with Crippen LogP contribution in [0, 0.1) is 0 Å². The smallest absolute Gasteiger partial charge is 0.265 e. The molecule has 5 nitrogen and oxygen atoms in total. The number of para-hydroxylation sites is 1. The van der Waals surface area contributed by atoms with Crippen molar-refractivity contribution in [2.75, 3.05) is 13.7 Å². The van der Waals surface area contributed by atoms with Crippen molar-refractivity contribution in [1.82, 2.24) is 9.55 Å². The summed E-state index contributed by atoms with van der Waals surface area (Å²) in [6, 6.07) is 7.27. The molecule has 2 aromatic rings. The molecule has 1 heterocycles. The van der Waals surface area contributed by atoms with Gasteiger partial charge in [-0.1, -0.05) is 18.7 Å². The number of ether oxygens (including phenoxy) is 1. The van der Waals surface area contributed by atoms with Gasteiger partial charge in [0.15, 0.2) is 0 Å². The molecule has 0 atom stereocenters. The van der Waals surface area contributed by atoms with Gasteiger partial charge in [-0.25, -0.2) is 4.98 Å². The molecule has 0 amide bonds. The Bertz CT molecular complexity index is 788. The van der Waals surface area contributed by atoms with Gasteiger partial charge in [0.25, 0.3) is 5.56 Å². The van der Waals surface area contributed by atoms with Crippen molar-refractivity contribution in [3.05, 3.63) is 71.0 Å². The summed E-state index contributed by atoms with van der Waals surface area (Å²) in [5.41, 5.74) is 6.18. The van der Waals surface area contributed by atoms with E-state index in [0.717, 1.165) is 0 Å². The number of nitrogens with zero attached hydrogens (tertiary/aromatic N) is 2. The van der Waals surface area contributed by atoms with Crippen molar-refractivity contribution in [2.45, 2.75) is 6.42 Å². The van der Waals surface area contributed by atoms with Gasteiger partial charge in [0.2, 0.25) is 0 Å². The average Bonchev–Trinajstić information content (AvgIpc) is 2.54. The molecular weight excluding hydrogens is 278 g/mol. The Labute approximate surface area is 129 Å². The minimum atomic E-state index is -0.115. The Balaban J connectivity index is 2.55. The van der Waals surface area contributed by atoms with Crippen LogP contribution in [-0.4, -0.2) is 23.2 Å². The number of allylic oxidation sites excluding steroid dienone is 3. The Hall–Kier alpha value is -2.66. The third-order valence-corrected chi connectivity index (χ3v) is 3.18. The van der Waals surface area contributed by atoms with Gasteiger partial charge in [0.1, 0.15) is 11.6 Å². The Kier molecular flexibility index (Phi) is 5.27. The monoisotopic (exact) mass is 297 g/mol. The van der Waals surface area contributed by atoms with Gasteiger partial charge in [-0.05, 0) is 36.9 Å². The summed E-state index contributed by atoms with van der Waals surface area (Å²) in [5, 5.41) is 0.576. The van der Waals surface area contributed by atoms with Crippen molar-refractivity contribution in [1.29, 1.82) is 0 Å². The van der Waals surface area contributed by atoms with Crippen molar-refractivity contribution < 1.29 is 4.74 Å². The molecule has 0 aliphatic rings. The number of methoxy groups -OCH3 is 1. The highest BCUT2D eigenvalue weighted by atomic mass is 16.5. The predicted octanol–water partition coefficient (Wildman–Crippen LogP) is 2.08. The molecule has 0 aliphatic carbocycles. The van der Waals surface area contributed by atoms with Gasteiger partial charge in [-0.2, -0.15) is 0 Å². The van der Waals surface area contributed by atoms with Crippen molar-refractivity contribution >= 4 is 17.1 Å². The van der Waals surface area contributed by atoms with E-state index in [9.17, 15) is 4.79 Å². The number of benzene rings is 1. The maximum Gasteiger partial charge on any atom is 0.265 e. The summed E-state index contributed by atoms with van der Waals surface area (Å²) in [6.45, 7) is 4.06. The van der Waals surface area contributed by atoms with Crippen LogP contribution in [-0.2, 0) is 11.2 Å². The lowest BCUT2D eigenvalue weighted by atomic mass is 10.2. The normalized spacial score (nSPS) is 12.0. The molecule has 2 rings (SSSR count). The van der Waals surface area contributed by atoms with Crippen LogP contribution in [0.25, 0.3) is 17.1 Å². The van der Waals surface area contributed by atoms with Gasteiger partial charge in [0, 0.05) is 12.6 Å². The van der Waals surface area contributed by atoms with Crippen LogP contribution < -0.4 is 11.3 Å². The number of rotatable bonds is 6. The Morgan fingerprint density at radius 3 is 2.91 bits per heavy atom. The topological polar surface area (TPSA) is 70.1 Å². The van der Waals surface area contributed by atoms with Crippen LogP contribution in [0.5, 0.6) is 0 Å². The standard InChI is InChI=1S/C17H19N3O2/c1-3-13(22-2)7-6-12-20-16(10-11-18)19-15-9-5-4-8-14(15)17(20)21/h3-9,12H,1,10-11,18H2,2H3/b12-6+,13-7+. The van der Waals surface area contributed by atoms with Gasteiger partial charge < -0.3 is 10.5 Å². The quantitative estimate of drug-likeness (QED) is 0.654. The fourth-order valence-corrected chi connectivity index (χ4v) is 2.09. The van der Waals surface area contributed by atoms with Crippen LogP contribution >= 0.6 is 0 Å². The van der Waals surface area contributed by atoms with E-state index in [1.807, 2.05) is 18.2 Å². The molecule has 0 spiro atoms. The molecule has 0 unspecified atom stereocenters. The molecule has 5 heteroatoms. The number of hydrogen-bond acceptors (Lipinski definition) is 4. The molecule has 0 aliphatic heterocycles. The van der Waals surface area contributed by atoms with Crippen molar-refractivity contribution in [2.24, 2.45) is 5.73 Å². The third-order valence-electron chi connectivity index (χ3n) is 3.18. The molecule has 0 bridgehead atoms. The Morgan fingerprint density at radius 2 is 2.23 bits per heavy atom. The van der Waals surface area contributed by atoms with Gasteiger partial charge >= 0.3 is 0 Å². The molecule has 0 saturated heterocycles. The zero-order valence-corrected chi connectivity index (χ0v) is 12.5. The van der Waals surface area contributed by atoms with Crippen LogP contribution in [0.3, 0.4) is 0 Å². The molecule has 1 aromatic carbocycles. The second-order valence-corrected chi connectivity index (χ2v) is 4.58. The molecule has 1 aromatic heterocycles. The van der Waals surface area contributed by atoms with E-state index in [1.165, 1.54) is 4.57 Å².